The number of hydrogen-bond donors (Lipinski definition) is 1. The second-order valence-corrected chi connectivity index (χ2v) is 8.61. The summed E-state index contributed by atoms with van der Waals surface area (Å²) in [6.07, 6.45) is -0.132. The van der Waals surface area contributed by atoms with Crippen LogP contribution in [0.15, 0.2) is 66.7 Å². The zero-order valence-corrected chi connectivity index (χ0v) is 20.1. The highest BCUT2D eigenvalue weighted by molar-refractivity contribution is 7.80. The first-order valence-corrected chi connectivity index (χ1v) is 11.6. The van der Waals surface area contributed by atoms with Crippen molar-refractivity contribution >= 4 is 40.5 Å². The lowest BCUT2D eigenvalue weighted by Gasteiger charge is -2.24. The molecule has 2 amide bonds. The Morgan fingerprint density at radius 3 is 2.53 bits per heavy atom. The molecule has 36 heavy (non-hydrogen) atoms. The highest BCUT2D eigenvalue weighted by Crippen LogP contribution is 2.34. The van der Waals surface area contributed by atoms with Gasteiger partial charge < -0.3 is 24.4 Å². The summed E-state index contributed by atoms with van der Waals surface area (Å²) in [6.45, 7) is 0.408. The molecule has 184 valence electrons. The van der Waals surface area contributed by atoms with E-state index in [2.05, 4.69) is 5.32 Å². The fourth-order valence-corrected chi connectivity index (χ4v) is 4.53. The normalized spacial score (nSPS) is 16.4. The van der Waals surface area contributed by atoms with Gasteiger partial charge in [-0.25, -0.2) is 4.39 Å². The first-order valence-electron chi connectivity index (χ1n) is 11.2. The molecule has 1 N–H and O–H groups in total. The molecular formula is C26H22FN3O5S. The van der Waals surface area contributed by atoms with Gasteiger partial charge in [-0.15, -0.1) is 0 Å². The quantitative estimate of drug-likeness (QED) is 0.483. The molecule has 1 saturated heterocycles. The standard InChI is InChI=1S/C26H22FN3O5S/c1-33-20-9-5-18(6-10-20)28-24(31)13-21-25(32)30(19-7-3-17(27)4-8-19)26(36)29(21)14-16-2-11-22-23(12-16)35-15-34-22/h2-12,21H,13-15H2,1H3,(H,28,31). The third kappa shape index (κ3) is 4.67. The maximum absolute atomic E-state index is 13.5. The lowest BCUT2D eigenvalue weighted by atomic mass is 10.1. The predicted molar refractivity (Wildman–Crippen MR) is 135 cm³/mol. The van der Waals surface area contributed by atoms with Crippen LogP contribution in [0.2, 0.25) is 0 Å². The van der Waals surface area contributed by atoms with Crippen molar-refractivity contribution in [3.63, 3.8) is 0 Å². The Morgan fingerprint density at radius 2 is 1.81 bits per heavy atom. The monoisotopic (exact) mass is 507 g/mol. The molecule has 3 aromatic rings. The van der Waals surface area contributed by atoms with E-state index in [0.717, 1.165) is 5.56 Å². The summed E-state index contributed by atoms with van der Waals surface area (Å²) in [5.41, 5.74) is 1.84. The van der Waals surface area contributed by atoms with E-state index in [9.17, 15) is 14.0 Å². The molecule has 2 aliphatic rings. The third-order valence-electron chi connectivity index (χ3n) is 5.95. The number of carbonyl (C=O) groups is 2. The van der Waals surface area contributed by atoms with Crippen LogP contribution in [0, 0.1) is 5.82 Å². The average molecular weight is 508 g/mol. The fraction of sp³-hybridized carbons (Fsp3) is 0.192. The number of halogens is 1. The number of amides is 2. The molecule has 1 unspecified atom stereocenters. The maximum atomic E-state index is 13.5. The minimum Gasteiger partial charge on any atom is -0.497 e. The van der Waals surface area contributed by atoms with Crippen LogP contribution in [0.3, 0.4) is 0 Å². The molecule has 0 spiro atoms. The summed E-state index contributed by atoms with van der Waals surface area (Å²) >= 11 is 5.68. The van der Waals surface area contributed by atoms with E-state index >= 15 is 0 Å². The van der Waals surface area contributed by atoms with Crippen molar-refractivity contribution in [3.8, 4) is 17.2 Å². The average Bonchev–Trinajstić information content (AvgIpc) is 3.43. The Bertz CT molecular complexity index is 1320. The van der Waals surface area contributed by atoms with Crippen molar-refractivity contribution in [1.29, 1.82) is 0 Å². The van der Waals surface area contributed by atoms with Gasteiger partial charge in [-0.2, -0.15) is 0 Å². The number of nitrogens with zero attached hydrogens (tertiary/aromatic N) is 2. The summed E-state index contributed by atoms with van der Waals surface area (Å²) in [7, 11) is 1.56. The Balaban J connectivity index is 1.40. The van der Waals surface area contributed by atoms with E-state index in [1.165, 1.54) is 29.2 Å². The summed E-state index contributed by atoms with van der Waals surface area (Å²) < 4.78 is 29.5. The second-order valence-electron chi connectivity index (χ2n) is 8.24. The number of anilines is 2. The largest absolute Gasteiger partial charge is 0.497 e. The number of methoxy groups -OCH3 is 1. The number of thiocarbonyl (C=S) groups is 1. The minimum absolute atomic E-state index is 0.132. The van der Waals surface area contributed by atoms with Crippen molar-refractivity contribution in [1.82, 2.24) is 4.90 Å². The Labute approximate surface area is 212 Å². The van der Waals surface area contributed by atoms with Crippen molar-refractivity contribution in [2.75, 3.05) is 24.1 Å². The molecule has 0 radical (unpaired) electrons. The molecule has 0 aromatic heterocycles. The highest BCUT2D eigenvalue weighted by Gasteiger charge is 2.44. The highest BCUT2D eigenvalue weighted by atomic mass is 32.1. The summed E-state index contributed by atoms with van der Waals surface area (Å²) in [6, 6.07) is 17.0. The second kappa shape index (κ2) is 9.82. The molecular weight excluding hydrogens is 485 g/mol. The molecule has 2 aliphatic heterocycles. The fourth-order valence-electron chi connectivity index (χ4n) is 4.14. The van der Waals surface area contributed by atoms with Crippen LogP contribution in [0.4, 0.5) is 15.8 Å². The van der Waals surface area contributed by atoms with Gasteiger partial charge in [0.2, 0.25) is 12.7 Å². The van der Waals surface area contributed by atoms with Crippen molar-refractivity contribution < 1.29 is 28.2 Å². The Kier molecular flexibility index (Phi) is 6.43. The van der Waals surface area contributed by atoms with Crippen LogP contribution in [-0.2, 0) is 16.1 Å². The van der Waals surface area contributed by atoms with Crippen LogP contribution >= 0.6 is 12.2 Å². The third-order valence-corrected chi connectivity index (χ3v) is 6.36. The van der Waals surface area contributed by atoms with E-state index in [0.29, 0.717) is 28.6 Å². The van der Waals surface area contributed by atoms with E-state index in [1.807, 2.05) is 12.1 Å². The summed E-state index contributed by atoms with van der Waals surface area (Å²) in [5.74, 6) is 0.767. The topological polar surface area (TPSA) is 80.3 Å². The number of carbonyl (C=O) groups excluding carboxylic acids is 2. The van der Waals surface area contributed by atoms with E-state index in [-0.39, 0.29) is 36.7 Å². The molecule has 3 aromatic carbocycles. The number of ether oxygens (including phenoxy) is 3. The van der Waals surface area contributed by atoms with Gasteiger partial charge in [0.05, 0.1) is 19.2 Å². The number of hydrogen-bond acceptors (Lipinski definition) is 6. The Morgan fingerprint density at radius 1 is 1.08 bits per heavy atom. The molecule has 0 bridgehead atoms. The van der Waals surface area contributed by atoms with Crippen molar-refractivity contribution in [2.45, 2.75) is 19.0 Å². The van der Waals surface area contributed by atoms with Crippen molar-refractivity contribution in [3.05, 3.63) is 78.1 Å². The van der Waals surface area contributed by atoms with Crippen molar-refractivity contribution in [2.24, 2.45) is 0 Å². The van der Waals surface area contributed by atoms with Crippen LogP contribution in [0.5, 0.6) is 17.2 Å². The van der Waals surface area contributed by atoms with Crippen LogP contribution in [0.25, 0.3) is 0 Å². The predicted octanol–water partition coefficient (Wildman–Crippen LogP) is 4.09. The number of rotatable bonds is 7. The van der Waals surface area contributed by atoms with E-state index in [1.54, 1.807) is 42.3 Å². The first-order chi connectivity index (χ1) is 17.4. The van der Waals surface area contributed by atoms with Gasteiger partial charge >= 0.3 is 0 Å². The smallest absolute Gasteiger partial charge is 0.256 e. The van der Waals surface area contributed by atoms with E-state index in [4.69, 9.17) is 26.4 Å². The SMILES string of the molecule is COc1ccc(NC(=O)CC2C(=O)N(c3ccc(F)cc3)C(=S)N2Cc2ccc3c(c2)OCO3)cc1. The van der Waals surface area contributed by atoms with Crippen LogP contribution in [0.1, 0.15) is 12.0 Å². The van der Waals surface area contributed by atoms with Crippen LogP contribution in [-0.4, -0.2) is 41.8 Å². The maximum Gasteiger partial charge on any atom is 0.256 e. The van der Waals surface area contributed by atoms with Gasteiger partial charge in [0.25, 0.3) is 5.91 Å². The summed E-state index contributed by atoms with van der Waals surface area (Å²) in [4.78, 5) is 29.5. The first kappa shape index (κ1) is 23.6. The van der Waals surface area contributed by atoms with E-state index < -0.39 is 11.9 Å². The minimum atomic E-state index is -0.855. The number of fused-ring (bicyclic) bond motifs is 1. The molecule has 1 atom stereocenters. The number of benzene rings is 3. The van der Waals surface area contributed by atoms with Gasteiger partial charge in [0.1, 0.15) is 17.6 Å². The Hall–Kier alpha value is -4.18. The molecule has 1 fully saturated rings. The molecule has 2 heterocycles. The lowest BCUT2D eigenvalue weighted by molar-refractivity contribution is -0.124. The number of nitrogens with one attached hydrogen (secondary N) is 1. The molecule has 0 aliphatic carbocycles. The molecule has 10 heteroatoms. The molecule has 0 saturated carbocycles. The van der Waals surface area contributed by atoms with Crippen LogP contribution < -0.4 is 24.4 Å². The van der Waals surface area contributed by atoms with Gasteiger partial charge in [-0.1, -0.05) is 6.07 Å². The van der Waals surface area contributed by atoms with Gasteiger partial charge in [0, 0.05) is 12.2 Å². The lowest BCUT2D eigenvalue weighted by Crippen LogP contribution is -2.37. The van der Waals surface area contributed by atoms with Gasteiger partial charge in [-0.05, 0) is 78.4 Å². The van der Waals surface area contributed by atoms with Gasteiger partial charge in [0.15, 0.2) is 16.6 Å². The molecule has 8 nitrogen and oxygen atoms in total. The van der Waals surface area contributed by atoms with Gasteiger partial charge in [-0.3, -0.25) is 14.5 Å². The summed E-state index contributed by atoms with van der Waals surface area (Å²) in [5, 5.41) is 3.04. The zero-order valence-electron chi connectivity index (χ0n) is 19.3. The zero-order chi connectivity index (χ0) is 25.2. The molecule has 5 rings (SSSR count).